The second kappa shape index (κ2) is 4.84. The van der Waals surface area contributed by atoms with Gasteiger partial charge in [-0.15, -0.1) is 0 Å². The molecule has 3 rings (SSSR count). The minimum absolute atomic E-state index is 0.531. The van der Waals surface area contributed by atoms with Gasteiger partial charge in [-0.05, 0) is 41.7 Å². The lowest BCUT2D eigenvalue weighted by Crippen LogP contribution is -2.07. The van der Waals surface area contributed by atoms with Crippen LogP contribution in [0, 0.1) is 5.92 Å². The van der Waals surface area contributed by atoms with E-state index in [-0.39, 0.29) is 0 Å². The van der Waals surface area contributed by atoms with Gasteiger partial charge in [0.25, 0.3) is 0 Å². The lowest BCUT2D eigenvalue weighted by Gasteiger charge is -2.21. The van der Waals surface area contributed by atoms with Gasteiger partial charge in [0.15, 0.2) is 0 Å². The van der Waals surface area contributed by atoms with Crippen molar-refractivity contribution in [1.82, 2.24) is 9.55 Å². The molecule has 2 heteroatoms. The number of rotatable bonds is 4. The van der Waals surface area contributed by atoms with Crippen molar-refractivity contribution in [2.75, 3.05) is 0 Å². The van der Waals surface area contributed by atoms with Crippen LogP contribution < -0.4 is 0 Å². The average Bonchev–Trinajstić information content (AvgIpc) is 3.12. The van der Waals surface area contributed by atoms with Crippen LogP contribution in [0.5, 0.6) is 0 Å². The maximum Gasteiger partial charge on any atom is 0.0991 e. The molecule has 1 heterocycles. The molecule has 0 N–H and O–H groups in total. The number of nitrogens with zero attached hydrogens (tertiary/aromatic N) is 2. The van der Waals surface area contributed by atoms with E-state index < -0.39 is 0 Å². The number of benzene rings is 1. The minimum Gasteiger partial charge on any atom is -0.306 e. The molecule has 1 aromatic carbocycles. The van der Waals surface area contributed by atoms with Crippen LogP contribution in [0.15, 0.2) is 36.9 Å². The first-order valence-corrected chi connectivity index (χ1v) is 7.29. The van der Waals surface area contributed by atoms with Crippen LogP contribution >= 0.6 is 0 Å². The Bertz CT molecular complexity index is 551. The summed E-state index contributed by atoms with van der Waals surface area (Å²) in [6, 6.07) is 6.76. The van der Waals surface area contributed by atoms with Crippen LogP contribution in [0.4, 0.5) is 0 Å². The van der Waals surface area contributed by atoms with E-state index in [1.165, 1.54) is 29.7 Å². The molecule has 0 spiro atoms. The largest absolute Gasteiger partial charge is 0.306 e. The topological polar surface area (TPSA) is 17.8 Å². The molecule has 100 valence electrons. The maximum atomic E-state index is 4.22. The standard InChI is InChI=1S/C17H22N2/c1-12(2)15-5-4-6-16(13(3)14-7-8-14)17(15)19-10-9-18-11-19/h4-6,9-14H,7-8H2,1-3H3/t13-/m1/s1. The number of hydrogen-bond donors (Lipinski definition) is 0. The number of aromatic nitrogens is 2. The summed E-state index contributed by atoms with van der Waals surface area (Å²) in [6.45, 7) is 6.90. The number of hydrogen-bond acceptors (Lipinski definition) is 1. The molecule has 0 unspecified atom stereocenters. The Hall–Kier alpha value is -1.57. The van der Waals surface area contributed by atoms with Crippen LogP contribution in [-0.4, -0.2) is 9.55 Å². The zero-order valence-electron chi connectivity index (χ0n) is 12.0. The Morgan fingerprint density at radius 2 is 1.89 bits per heavy atom. The van der Waals surface area contributed by atoms with Crippen molar-refractivity contribution in [3.05, 3.63) is 48.0 Å². The molecule has 0 saturated heterocycles. The smallest absolute Gasteiger partial charge is 0.0991 e. The summed E-state index contributed by atoms with van der Waals surface area (Å²) in [7, 11) is 0. The van der Waals surface area contributed by atoms with E-state index in [1.807, 2.05) is 12.5 Å². The molecule has 1 fully saturated rings. The Labute approximate surface area is 115 Å². The third-order valence-corrected chi connectivity index (χ3v) is 4.30. The summed E-state index contributed by atoms with van der Waals surface area (Å²) in [4.78, 5) is 4.22. The summed E-state index contributed by atoms with van der Waals surface area (Å²) in [5.74, 6) is 2.06. The highest BCUT2D eigenvalue weighted by molar-refractivity contribution is 5.51. The maximum absolute atomic E-state index is 4.22. The molecule has 0 bridgehead atoms. The van der Waals surface area contributed by atoms with Crippen LogP contribution in [0.3, 0.4) is 0 Å². The fourth-order valence-corrected chi connectivity index (χ4v) is 2.95. The van der Waals surface area contributed by atoms with Crippen molar-refractivity contribution < 1.29 is 0 Å². The van der Waals surface area contributed by atoms with Gasteiger partial charge in [-0.3, -0.25) is 0 Å². The fourth-order valence-electron chi connectivity index (χ4n) is 2.95. The van der Waals surface area contributed by atoms with Gasteiger partial charge in [0, 0.05) is 12.4 Å². The molecule has 19 heavy (non-hydrogen) atoms. The number of imidazole rings is 1. The molecule has 2 aromatic rings. The molecule has 0 radical (unpaired) electrons. The van der Waals surface area contributed by atoms with Gasteiger partial charge >= 0.3 is 0 Å². The summed E-state index contributed by atoms with van der Waals surface area (Å²) in [5, 5.41) is 0. The van der Waals surface area contributed by atoms with E-state index in [1.54, 1.807) is 0 Å². The molecule has 0 aliphatic heterocycles. The molecule has 1 atom stereocenters. The average molecular weight is 254 g/mol. The quantitative estimate of drug-likeness (QED) is 0.785. The minimum atomic E-state index is 0.531. The third-order valence-electron chi connectivity index (χ3n) is 4.30. The monoisotopic (exact) mass is 254 g/mol. The first-order chi connectivity index (χ1) is 9.18. The molecule has 2 nitrogen and oxygen atoms in total. The third kappa shape index (κ3) is 2.32. The molecular weight excluding hydrogens is 232 g/mol. The number of para-hydroxylation sites is 1. The van der Waals surface area contributed by atoms with Crippen molar-refractivity contribution in [3.63, 3.8) is 0 Å². The molecule has 1 aliphatic rings. The summed E-state index contributed by atoms with van der Waals surface area (Å²) in [5.41, 5.74) is 4.25. The Morgan fingerprint density at radius 3 is 2.47 bits per heavy atom. The normalized spacial score (nSPS) is 16.8. The Kier molecular flexibility index (Phi) is 3.17. The van der Waals surface area contributed by atoms with E-state index in [9.17, 15) is 0 Å². The predicted octanol–water partition coefficient (Wildman–Crippen LogP) is 4.51. The van der Waals surface area contributed by atoms with Crippen LogP contribution in [0.2, 0.25) is 0 Å². The molecular formula is C17H22N2. The van der Waals surface area contributed by atoms with Crippen molar-refractivity contribution in [3.8, 4) is 5.69 Å². The highest BCUT2D eigenvalue weighted by atomic mass is 15.0. The van der Waals surface area contributed by atoms with Crippen molar-refractivity contribution in [1.29, 1.82) is 0 Å². The highest BCUT2D eigenvalue weighted by Gasteiger charge is 2.31. The first-order valence-electron chi connectivity index (χ1n) is 7.29. The zero-order chi connectivity index (χ0) is 13.4. The second-order valence-corrected chi connectivity index (χ2v) is 6.04. The van der Waals surface area contributed by atoms with Gasteiger partial charge in [-0.2, -0.15) is 0 Å². The molecule has 0 amide bonds. The highest BCUT2D eigenvalue weighted by Crippen LogP contribution is 2.44. The van der Waals surface area contributed by atoms with Crippen LogP contribution in [0.1, 0.15) is 56.6 Å². The Balaban J connectivity index is 2.15. The van der Waals surface area contributed by atoms with Gasteiger partial charge < -0.3 is 4.57 Å². The Morgan fingerprint density at radius 1 is 1.16 bits per heavy atom. The first kappa shape index (κ1) is 12.5. The summed E-state index contributed by atoms with van der Waals surface area (Å²) < 4.78 is 2.18. The van der Waals surface area contributed by atoms with Crippen LogP contribution in [0.25, 0.3) is 5.69 Å². The second-order valence-electron chi connectivity index (χ2n) is 6.04. The lowest BCUT2D eigenvalue weighted by molar-refractivity contribution is 0.656. The predicted molar refractivity (Wildman–Crippen MR) is 78.8 cm³/mol. The van der Waals surface area contributed by atoms with E-state index in [4.69, 9.17) is 0 Å². The van der Waals surface area contributed by atoms with E-state index >= 15 is 0 Å². The fraction of sp³-hybridized carbons (Fsp3) is 0.471. The van der Waals surface area contributed by atoms with Gasteiger partial charge in [0.05, 0.1) is 12.0 Å². The van der Waals surface area contributed by atoms with Gasteiger partial charge in [-0.25, -0.2) is 4.98 Å². The summed E-state index contributed by atoms with van der Waals surface area (Å²) in [6.07, 6.45) is 8.62. The SMILES string of the molecule is CC(C)c1cccc([C@H](C)C2CC2)c1-n1ccnc1. The van der Waals surface area contributed by atoms with Crippen molar-refractivity contribution in [2.24, 2.45) is 5.92 Å². The van der Waals surface area contributed by atoms with E-state index in [2.05, 4.69) is 54.7 Å². The van der Waals surface area contributed by atoms with Gasteiger partial charge in [0.2, 0.25) is 0 Å². The van der Waals surface area contributed by atoms with Crippen molar-refractivity contribution >= 4 is 0 Å². The molecule has 1 saturated carbocycles. The van der Waals surface area contributed by atoms with Gasteiger partial charge in [-0.1, -0.05) is 39.0 Å². The zero-order valence-corrected chi connectivity index (χ0v) is 12.0. The van der Waals surface area contributed by atoms with E-state index in [0.717, 1.165) is 5.92 Å². The van der Waals surface area contributed by atoms with Crippen LogP contribution in [-0.2, 0) is 0 Å². The molecule has 1 aromatic heterocycles. The lowest BCUT2D eigenvalue weighted by atomic mass is 9.89. The molecule has 1 aliphatic carbocycles. The van der Waals surface area contributed by atoms with E-state index in [0.29, 0.717) is 11.8 Å². The summed E-state index contributed by atoms with van der Waals surface area (Å²) >= 11 is 0. The van der Waals surface area contributed by atoms with Gasteiger partial charge in [0.1, 0.15) is 0 Å². The van der Waals surface area contributed by atoms with Crippen molar-refractivity contribution in [2.45, 2.75) is 45.4 Å².